The normalized spacial score (nSPS) is 18.2. The Morgan fingerprint density at radius 3 is 2.40 bits per heavy atom. The van der Waals surface area contributed by atoms with E-state index in [-0.39, 0.29) is 11.5 Å². The van der Waals surface area contributed by atoms with Gasteiger partial charge in [-0.25, -0.2) is 0 Å². The molecule has 1 aliphatic carbocycles. The molecule has 0 aliphatic heterocycles. The highest BCUT2D eigenvalue weighted by Gasteiger charge is 2.45. The van der Waals surface area contributed by atoms with E-state index in [1.807, 2.05) is 18.3 Å². The van der Waals surface area contributed by atoms with Gasteiger partial charge in [-0.2, -0.15) is 0 Å². The lowest BCUT2D eigenvalue weighted by molar-refractivity contribution is 0.167. The maximum Gasteiger partial charge on any atom is 0.0419 e. The van der Waals surface area contributed by atoms with Crippen LogP contribution in [-0.2, 0) is 11.8 Å². The van der Waals surface area contributed by atoms with Gasteiger partial charge in [-0.15, -0.1) is 0 Å². The van der Waals surface area contributed by atoms with E-state index in [0.29, 0.717) is 0 Å². The molecular weight excluding hydrogens is 246 g/mol. The zero-order valence-corrected chi connectivity index (χ0v) is 11.6. The summed E-state index contributed by atoms with van der Waals surface area (Å²) in [6, 6.07) is 17.0. The van der Waals surface area contributed by atoms with Gasteiger partial charge in [0.15, 0.2) is 0 Å². The first kappa shape index (κ1) is 13.3. The van der Waals surface area contributed by atoms with Crippen LogP contribution in [0.4, 0.5) is 0 Å². The Labute approximate surface area is 120 Å². The minimum Gasteiger partial charge on any atom is -0.271 e. The minimum atomic E-state index is 0.160. The van der Waals surface area contributed by atoms with Crippen molar-refractivity contribution in [1.29, 1.82) is 0 Å². The first-order valence-corrected chi connectivity index (χ1v) is 7.27. The topological polar surface area (TPSA) is 50.9 Å². The summed E-state index contributed by atoms with van der Waals surface area (Å²) in [5.74, 6) is 5.88. The second-order valence-electron chi connectivity index (χ2n) is 5.62. The molecule has 1 saturated carbocycles. The van der Waals surface area contributed by atoms with Gasteiger partial charge in [0.1, 0.15) is 0 Å². The van der Waals surface area contributed by atoms with E-state index < -0.39 is 0 Å². The Morgan fingerprint density at radius 1 is 1.10 bits per heavy atom. The fourth-order valence-corrected chi connectivity index (χ4v) is 3.31. The third kappa shape index (κ3) is 2.35. The molecule has 1 fully saturated rings. The smallest absolute Gasteiger partial charge is 0.0419 e. The number of aromatic nitrogens is 1. The minimum absolute atomic E-state index is 0.160. The molecule has 1 aromatic heterocycles. The third-order valence-electron chi connectivity index (χ3n) is 4.60. The van der Waals surface area contributed by atoms with Crippen molar-refractivity contribution in [1.82, 2.24) is 10.4 Å². The molecule has 20 heavy (non-hydrogen) atoms. The first-order chi connectivity index (χ1) is 9.85. The zero-order chi connectivity index (χ0) is 13.8. The fraction of sp³-hybridized carbons (Fsp3) is 0.353. The molecule has 0 radical (unpaired) electrons. The number of nitrogens with one attached hydrogen (secondary N) is 1. The van der Waals surface area contributed by atoms with Crippen molar-refractivity contribution in [2.24, 2.45) is 5.84 Å². The molecule has 0 bridgehead atoms. The van der Waals surface area contributed by atoms with E-state index in [0.717, 1.165) is 12.1 Å². The predicted molar refractivity (Wildman–Crippen MR) is 81.0 cm³/mol. The predicted octanol–water partition coefficient (Wildman–Crippen LogP) is 2.58. The van der Waals surface area contributed by atoms with E-state index in [4.69, 9.17) is 5.84 Å². The summed E-state index contributed by atoms with van der Waals surface area (Å²) in [5, 5.41) is 0. The summed E-state index contributed by atoms with van der Waals surface area (Å²) in [6.07, 6.45) is 6.37. The SMILES string of the molecule is NNC(Cc1ccccn1)C1(c2ccccc2)CCC1. The molecule has 104 valence electrons. The van der Waals surface area contributed by atoms with Crippen LogP contribution < -0.4 is 11.3 Å². The molecule has 1 aliphatic rings. The number of benzene rings is 1. The lowest BCUT2D eigenvalue weighted by atomic mass is 9.59. The number of nitrogens with zero attached hydrogens (tertiary/aromatic N) is 1. The maximum absolute atomic E-state index is 5.88. The van der Waals surface area contributed by atoms with Gasteiger partial charge in [-0.1, -0.05) is 42.8 Å². The highest BCUT2D eigenvalue weighted by atomic mass is 15.2. The van der Waals surface area contributed by atoms with Crippen molar-refractivity contribution < 1.29 is 0 Å². The fourth-order valence-electron chi connectivity index (χ4n) is 3.31. The molecule has 0 amide bonds. The van der Waals surface area contributed by atoms with Crippen LogP contribution in [0.2, 0.25) is 0 Å². The maximum atomic E-state index is 5.88. The van der Waals surface area contributed by atoms with Crippen molar-refractivity contribution in [3.8, 4) is 0 Å². The molecule has 0 saturated heterocycles. The zero-order valence-electron chi connectivity index (χ0n) is 11.6. The van der Waals surface area contributed by atoms with Crippen LogP contribution in [0.15, 0.2) is 54.7 Å². The van der Waals surface area contributed by atoms with Gasteiger partial charge in [0.2, 0.25) is 0 Å². The molecule has 0 spiro atoms. The highest BCUT2D eigenvalue weighted by molar-refractivity contribution is 5.31. The summed E-state index contributed by atoms with van der Waals surface area (Å²) in [5.41, 5.74) is 5.70. The second kappa shape index (κ2) is 5.73. The van der Waals surface area contributed by atoms with Crippen LogP contribution in [0.1, 0.15) is 30.5 Å². The summed E-state index contributed by atoms with van der Waals surface area (Å²) >= 11 is 0. The van der Waals surface area contributed by atoms with E-state index in [1.165, 1.54) is 24.8 Å². The molecule has 2 aromatic rings. The Kier molecular flexibility index (Phi) is 3.81. The van der Waals surface area contributed by atoms with Crippen LogP contribution in [0.25, 0.3) is 0 Å². The molecular formula is C17H21N3. The van der Waals surface area contributed by atoms with Crippen molar-refractivity contribution in [3.05, 3.63) is 66.0 Å². The van der Waals surface area contributed by atoms with Crippen LogP contribution in [0.3, 0.4) is 0 Å². The third-order valence-corrected chi connectivity index (χ3v) is 4.60. The van der Waals surface area contributed by atoms with Crippen LogP contribution >= 0.6 is 0 Å². The molecule has 1 unspecified atom stereocenters. The molecule has 3 nitrogen and oxygen atoms in total. The number of hydrazine groups is 1. The standard InChI is InChI=1S/C17H21N3/c18-20-16(13-15-9-4-5-12-19-15)17(10-6-11-17)14-7-2-1-3-8-14/h1-5,7-9,12,16,20H,6,10-11,13,18H2. The highest BCUT2D eigenvalue weighted by Crippen LogP contribution is 2.46. The molecule has 3 rings (SSSR count). The largest absolute Gasteiger partial charge is 0.271 e. The van der Waals surface area contributed by atoms with E-state index >= 15 is 0 Å². The molecule has 1 heterocycles. The Morgan fingerprint density at radius 2 is 1.85 bits per heavy atom. The average Bonchev–Trinajstić information content (AvgIpc) is 2.47. The van der Waals surface area contributed by atoms with Crippen molar-refractivity contribution in [2.45, 2.75) is 37.1 Å². The average molecular weight is 267 g/mol. The molecule has 1 aromatic carbocycles. The van der Waals surface area contributed by atoms with Gasteiger partial charge in [0.05, 0.1) is 0 Å². The van der Waals surface area contributed by atoms with Crippen LogP contribution in [0.5, 0.6) is 0 Å². The number of pyridine rings is 1. The second-order valence-corrected chi connectivity index (χ2v) is 5.62. The first-order valence-electron chi connectivity index (χ1n) is 7.27. The van der Waals surface area contributed by atoms with Crippen molar-refractivity contribution in [3.63, 3.8) is 0 Å². The molecule has 1 atom stereocenters. The summed E-state index contributed by atoms with van der Waals surface area (Å²) in [6.45, 7) is 0. The van der Waals surface area contributed by atoms with Gasteiger partial charge in [0.25, 0.3) is 0 Å². The molecule has 3 heteroatoms. The number of nitrogens with two attached hydrogens (primary N) is 1. The van der Waals surface area contributed by atoms with Gasteiger partial charge in [0, 0.05) is 29.8 Å². The lowest BCUT2D eigenvalue weighted by Gasteiger charge is -2.48. The van der Waals surface area contributed by atoms with E-state index in [9.17, 15) is 0 Å². The Balaban J connectivity index is 1.87. The van der Waals surface area contributed by atoms with Crippen molar-refractivity contribution in [2.75, 3.05) is 0 Å². The van der Waals surface area contributed by atoms with Gasteiger partial charge in [-0.3, -0.25) is 16.3 Å². The Bertz CT molecular complexity index is 535. The number of hydrogen-bond acceptors (Lipinski definition) is 3. The summed E-state index contributed by atoms with van der Waals surface area (Å²) in [4.78, 5) is 4.44. The van der Waals surface area contributed by atoms with Gasteiger partial charge >= 0.3 is 0 Å². The quantitative estimate of drug-likeness (QED) is 0.646. The van der Waals surface area contributed by atoms with Gasteiger partial charge in [-0.05, 0) is 30.5 Å². The van der Waals surface area contributed by atoms with E-state index in [1.54, 1.807) is 0 Å². The van der Waals surface area contributed by atoms with Crippen LogP contribution in [-0.4, -0.2) is 11.0 Å². The number of rotatable bonds is 5. The van der Waals surface area contributed by atoms with Crippen LogP contribution in [0, 0.1) is 0 Å². The summed E-state index contributed by atoms with van der Waals surface area (Å²) in [7, 11) is 0. The lowest BCUT2D eigenvalue weighted by Crippen LogP contribution is -2.56. The molecule has 3 N–H and O–H groups in total. The van der Waals surface area contributed by atoms with Crippen molar-refractivity contribution >= 4 is 0 Å². The summed E-state index contributed by atoms with van der Waals surface area (Å²) < 4.78 is 0. The monoisotopic (exact) mass is 267 g/mol. The van der Waals surface area contributed by atoms with Gasteiger partial charge < -0.3 is 0 Å². The number of hydrogen-bond donors (Lipinski definition) is 2. The van der Waals surface area contributed by atoms with E-state index in [2.05, 4.69) is 46.8 Å². The Hall–Kier alpha value is -1.71.